The number of pyridine rings is 1. The van der Waals surface area contributed by atoms with Crippen molar-refractivity contribution in [2.75, 3.05) is 20.2 Å². The molecule has 0 aliphatic carbocycles. The van der Waals surface area contributed by atoms with Crippen molar-refractivity contribution in [3.63, 3.8) is 0 Å². The summed E-state index contributed by atoms with van der Waals surface area (Å²) in [5, 5.41) is 28.4. The largest absolute Gasteiger partial charge is 0.497 e. The highest BCUT2D eigenvalue weighted by Gasteiger charge is 2.42. The molecule has 1 unspecified atom stereocenters. The van der Waals surface area contributed by atoms with Crippen LogP contribution in [0.3, 0.4) is 0 Å². The summed E-state index contributed by atoms with van der Waals surface area (Å²) in [4.78, 5) is 26.7. The van der Waals surface area contributed by atoms with Gasteiger partial charge >= 0.3 is 11.9 Å². The van der Waals surface area contributed by atoms with Crippen LogP contribution in [0.5, 0.6) is 5.75 Å². The summed E-state index contributed by atoms with van der Waals surface area (Å²) in [6.07, 6.45) is 5.40. The fraction of sp³-hybridized carbons (Fsp3) is 0.480. The Morgan fingerprint density at radius 3 is 2.71 bits per heavy atom. The highest BCUT2D eigenvalue weighted by molar-refractivity contribution is 5.84. The quantitative estimate of drug-likeness (QED) is 0.426. The van der Waals surface area contributed by atoms with E-state index in [9.17, 15) is 14.7 Å². The van der Waals surface area contributed by atoms with E-state index in [4.69, 9.17) is 20.7 Å². The Hall–Kier alpha value is -3.01. The van der Waals surface area contributed by atoms with Crippen LogP contribution in [0.15, 0.2) is 43.1 Å². The number of carboxylic acids is 2. The molecule has 3 aliphatic heterocycles. The van der Waals surface area contributed by atoms with Crippen LogP contribution in [0, 0.1) is 11.8 Å². The molecule has 3 aliphatic rings. The molecule has 9 nitrogen and oxygen atoms in total. The van der Waals surface area contributed by atoms with Gasteiger partial charge < -0.3 is 25.8 Å². The number of carboxylic acid groups (broad SMARTS) is 2. The molecule has 2 aromatic rings. The number of rotatable bonds is 8. The second kappa shape index (κ2) is 11.4. The zero-order valence-corrected chi connectivity index (χ0v) is 19.3. The first kappa shape index (κ1) is 25.6. The maximum atomic E-state index is 11.2. The summed E-state index contributed by atoms with van der Waals surface area (Å²) >= 11 is 0. The standard InChI is InChI=1S/C20H24N2O2.C5H9NO4/c1-3-13-12-22-9-7-14(13)10-19(22)20(23)16-6-8-21-18-5-4-15(24-2)11-17(16)18;6-3(5(9)10)1-2-4(7)8/h3-6,8,11,13-14,19-20,23H,1,7,9-10,12H2,2H3;3H,1-2,6H2,(H,7,8)(H,9,10)/t13-,14-,19-,20+;3-/m00/s1. The van der Waals surface area contributed by atoms with Crippen LogP contribution in [0.25, 0.3) is 10.9 Å². The van der Waals surface area contributed by atoms with Crippen molar-refractivity contribution >= 4 is 22.8 Å². The minimum absolute atomic E-state index is 0.0231. The smallest absolute Gasteiger partial charge is 0.320 e. The molecule has 5 rings (SSSR count). The number of fused-ring (bicyclic) bond motifs is 4. The van der Waals surface area contributed by atoms with Gasteiger partial charge in [0.2, 0.25) is 0 Å². The van der Waals surface area contributed by atoms with Crippen molar-refractivity contribution in [1.29, 1.82) is 0 Å². The lowest BCUT2D eigenvalue weighted by atomic mass is 9.73. The number of piperidine rings is 3. The number of benzene rings is 1. The third-order valence-corrected chi connectivity index (χ3v) is 6.81. The van der Waals surface area contributed by atoms with Gasteiger partial charge in [-0.2, -0.15) is 0 Å². The molecule has 34 heavy (non-hydrogen) atoms. The predicted molar refractivity (Wildman–Crippen MR) is 128 cm³/mol. The van der Waals surface area contributed by atoms with Gasteiger partial charge in [0, 0.05) is 30.6 Å². The van der Waals surface area contributed by atoms with Crippen LogP contribution in [-0.2, 0) is 9.59 Å². The summed E-state index contributed by atoms with van der Waals surface area (Å²) in [7, 11) is 1.66. The molecule has 0 radical (unpaired) electrons. The molecule has 0 saturated carbocycles. The first-order chi connectivity index (χ1) is 16.2. The fourth-order valence-corrected chi connectivity index (χ4v) is 4.85. The van der Waals surface area contributed by atoms with Crippen molar-refractivity contribution in [3.8, 4) is 5.75 Å². The zero-order valence-electron chi connectivity index (χ0n) is 19.3. The molecule has 184 valence electrons. The summed E-state index contributed by atoms with van der Waals surface area (Å²) < 4.78 is 5.35. The predicted octanol–water partition coefficient (Wildman–Crippen LogP) is 2.44. The maximum Gasteiger partial charge on any atom is 0.320 e. The molecule has 0 amide bonds. The first-order valence-corrected chi connectivity index (χ1v) is 11.4. The van der Waals surface area contributed by atoms with Crippen LogP contribution < -0.4 is 10.5 Å². The van der Waals surface area contributed by atoms with Gasteiger partial charge in [0.1, 0.15) is 11.8 Å². The topological polar surface area (TPSA) is 146 Å². The Bertz CT molecular complexity index is 1030. The molecule has 0 spiro atoms. The lowest BCUT2D eigenvalue weighted by Gasteiger charge is -2.50. The molecule has 4 heterocycles. The van der Waals surface area contributed by atoms with Crippen molar-refractivity contribution in [1.82, 2.24) is 9.88 Å². The highest BCUT2D eigenvalue weighted by Crippen LogP contribution is 2.42. The van der Waals surface area contributed by atoms with Crippen LogP contribution in [0.1, 0.15) is 37.4 Å². The summed E-state index contributed by atoms with van der Waals surface area (Å²) in [5.74, 6) is -0.189. The average molecular weight is 472 g/mol. The van der Waals surface area contributed by atoms with Gasteiger partial charge in [-0.3, -0.25) is 19.5 Å². The summed E-state index contributed by atoms with van der Waals surface area (Å²) in [6.45, 7) is 6.07. The molecule has 6 atom stereocenters. The van der Waals surface area contributed by atoms with E-state index >= 15 is 0 Å². The van der Waals surface area contributed by atoms with Crippen LogP contribution >= 0.6 is 0 Å². The zero-order chi connectivity index (χ0) is 24.8. The van der Waals surface area contributed by atoms with Gasteiger partial charge in [-0.15, -0.1) is 6.58 Å². The Balaban J connectivity index is 0.000000277. The summed E-state index contributed by atoms with van der Waals surface area (Å²) in [5.41, 5.74) is 6.85. The molecule has 1 aromatic heterocycles. The lowest BCUT2D eigenvalue weighted by Crippen LogP contribution is -2.54. The number of aliphatic hydroxyl groups excluding tert-OH is 1. The van der Waals surface area contributed by atoms with Crippen LogP contribution in [0.4, 0.5) is 0 Å². The minimum atomic E-state index is -1.17. The van der Waals surface area contributed by atoms with Gasteiger partial charge in [0.25, 0.3) is 0 Å². The molecular weight excluding hydrogens is 438 g/mol. The number of carbonyl (C=O) groups is 2. The lowest BCUT2D eigenvalue weighted by molar-refractivity contribution is -0.139. The third-order valence-electron chi connectivity index (χ3n) is 6.81. The van der Waals surface area contributed by atoms with E-state index in [1.54, 1.807) is 13.3 Å². The van der Waals surface area contributed by atoms with Gasteiger partial charge in [0.15, 0.2) is 0 Å². The van der Waals surface area contributed by atoms with E-state index < -0.39 is 24.1 Å². The van der Waals surface area contributed by atoms with E-state index in [1.165, 1.54) is 6.42 Å². The van der Waals surface area contributed by atoms with Crippen molar-refractivity contribution in [3.05, 3.63) is 48.7 Å². The minimum Gasteiger partial charge on any atom is -0.497 e. The third kappa shape index (κ3) is 5.91. The van der Waals surface area contributed by atoms with Gasteiger partial charge in [-0.05, 0) is 67.5 Å². The number of nitrogens with two attached hydrogens (primary N) is 1. The van der Waals surface area contributed by atoms with E-state index in [0.29, 0.717) is 11.8 Å². The summed E-state index contributed by atoms with van der Waals surface area (Å²) in [6, 6.07) is 6.90. The Morgan fingerprint density at radius 1 is 1.35 bits per heavy atom. The number of ether oxygens (including phenoxy) is 1. The molecule has 2 bridgehead atoms. The molecule has 9 heteroatoms. The van der Waals surface area contributed by atoms with Crippen molar-refractivity contribution < 1.29 is 29.6 Å². The Morgan fingerprint density at radius 2 is 2.12 bits per heavy atom. The number of aliphatic hydroxyl groups is 1. The van der Waals surface area contributed by atoms with Crippen molar-refractivity contribution in [2.45, 2.75) is 43.9 Å². The number of aliphatic carboxylic acids is 2. The first-order valence-electron chi connectivity index (χ1n) is 11.4. The van der Waals surface area contributed by atoms with Crippen LogP contribution in [0.2, 0.25) is 0 Å². The highest BCUT2D eigenvalue weighted by atomic mass is 16.5. The molecule has 3 saturated heterocycles. The number of nitrogens with zero attached hydrogens (tertiary/aromatic N) is 2. The normalized spacial score (nSPS) is 25.0. The van der Waals surface area contributed by atoms with Gasteiger partial charge in [0.05, 0.1) is 18.7 Å². The fourth-order valence-electron chi connectivity index (χ4n) is 4.85. The van der Waals surface area contributed by atoms with E-state index in [2.05, 4.69) is 22.5 Å². The number of aromatic nitrogens is 1. The number of hydrogen-bond donors (Lipinski definition) is 4. The van der Waals surface area contributed by atoms with E-state index in [1.807, 2.05) is 24.3 Å². The molecule has 3 fully saturated rings. The number of hydrogen-bond acceptors (Lipinski definition) is 7. The Kier molecular flexibility index (Phi) is 8.60. The van der Waals surface area contributed by atoms with Crippen molar-refractivity contribution in [2.24, 2.45) is 17.6 Å². The van der Waals surface area contributed by atoms with Crippen LogP contribution in [-0.4, -0.2) is 69.4 Å². The van der Waals surface area contributed by atoms with Gasteiger partial charge in [-0.25, -0.2) is 0 Å². The van der Waals surface area contributed by atoms with E-state index in [0.717, 1.165) is 41.7 Å². The molecule has 5 N–H and O–H groups in total. The molecule has 1 aromatic carbocycles. The Labute approximate surface area is 198 Å². The maximum absolute atomic E-state index is 11.2. The average Bonchev–Trinajstić information content (AvgIpc) is 2.86. The second-order valence-corrected chi connectivity index (χ2v) is 8.85. The van der Waals surface area contributed by atoms with Gasteiger partial charge in [-0.1, -0.05) is 6.08 Å². The second-order valence-electron chi connectivity index (χ2n) is 8.85. The SMILES string of the molecule is C=C[C@H]1CN2CC[C@H]1C[C@H]2[C@H](O)c1ccnc2ccc(OC)cc12.N[C@@H](CCC(=O)O)C(=O)O. The number of methoxy groups -OCH3 is 1. The molecular formula is C25H33N3O6. The van der Waals surface area contributed by atoms with E-state index in [-0.39, 0.29) is 18.9 Å². The monoisotopic (exact) mass is 471 g/mol.